The molecule has 3 N–H and O–H groups in total. The molecule has 0 saturated carbocycles. The van der Waals surface area contributed by atoms with Crippen LogP contribution in [0.25, 0.3) is 0 Å². The minimum atomic E-state index is -4.47. The first kappa shape index (κ1) is 39.5. The van der Waals surface area contributed by atoms with Gasteiger partial charge in [0, 0.05) is 13.0 Å². The third-order valence-corrected chi connectivity index (χ3v) is 7.71. The normalized spacial score (nSPS) is 14.6. The summed E-state index contributed by atoms with van der Waals surface area (Å²) in [6, 6.07) is 0. The van der Waals surface area contributed by atoms with Gasteiger partial charge in [0.15, 0.2) is 0 Å². The summed E-state index contributed by atoms with van der Waals surface area (Å²) in [5.74, 6) is -0.433. The average Bonchev–Trinajstić information content (AvgIpc) is 2.93. The smallest absolute Gasteiger partial charge is 0.457 e. The molecule has 1 unspecified atom stereocenters. The molecule has 0 aliphatic carbocycles. The second kappa shape index (κ2) is 28.6. The van der Waals surface area contributed by atoms with Crippen LogP contribution in [0.2, 0.25) is 0 Å². The molecule has 0 amide bonds. The highest BCUT2D eigenvalue weighted by atomic mass is 31.2. The molecule has 0 bridgehead atoms. The Labute approximate surface area is 244 Å². The molecule has 0 spiro atoms. The lowest BCUT2D eigenvalue weighted by atomic mass is 10.0. The van der Waals surface area contributed by atoms with E-state index in [2.05, 4.69) is 11.4 Å². The number of ether oxygens (including phenoxy) is 2. The van der Waals surface area contributed by atoms with Gasteiger partial charge in [-0.2, -0.15) is 0 Å². The van der Waals surface area contributed by atoms with E-state index < -0.39 is 39.2 Å². The van der Waals surface area contributed by atoms with E-state index in [0.29, 0.717) is 13.0 Å². The van der Waals surface area contributed by atoms with Gasteiger partial charge in [-0.15, -0.1) is 0 Å². The zero-order valence-electron chi connectivity index (χ0n) is 25.6. The van der Waals surface area contributed by atoms with Crippen LogP contribution in [0.3, 0.4) is 0 Å². The number of aliphatic hydroxyl groups excluding tert-OH is 2. The summed E-state index contributed by atoms with van der Waals surface area (Å²) in [4.78, 5) is 21.6. The Morgan fingerprint density at radius 2 is 1.12 bits per heavy atom. The maximum atomic E-state index is 11.9. The second-order valence-electron chi connectivity index (χ2n) is 10.8. The molecule has 0 radical (unpaired) electrons. The molecule has 40 heavy (non-hydrogen) atoms. The Kier molecular flexibility index (Phi) is 28.2. The average molecular weight is 597 g/mol. The maximum absolute atomic E-state index is 11.9. The number of aliphatic hydroxyl groups is 2. The Hall–Kier alpha value is -0.540. The van der Waals surface area contributed by atoms with Gasteiger partial charge in [0.2, 0.25) is 0 Å². The van der Waals surface area contributed by atoms with Crippen molar-refractivity contribution in [2.24, 2.45) is 0 Å². The first-order valence-corrected chi connectivity index (χ1v) is 17.5. The predicted octanol–water partition coefficient (Wildman–Crippen LogP) is 7.24. The molecular weight excluding hydrogens is 535 g/mol. The lowest BCUT2D eigenvalue weighted by Crippen LogP contribution is -2.28. The molecule has 0 aromatic rings. The summed E-state index contributed by atoms with van der Waals surface area (Å²) in [7, 11) is -4.47. The van der Waals surface area contributed by atoms with Crippen LogP contribution in [-0.2, 0) is 27.9 Å². The van der Waals surface area contributed by atoms with Crippen molar-refractivity contribution >= 4 is 13.8 Å². The number of carbonyl (C=O) groups is 1. The molecular formula is C30H61O9P. The molecule has 0 saturated heterocycles. The van der Waals surface area contributed by atoms with Crippen LogP contribution in [0.4, 0.5) is 0 Å². The topological polar surface area (TPSA) is 132 Å². The monoisotopic (exact) mass is 596 g/mol. The summed E-state index contributed by atoms with van der Waals surface area (Å²) < 4.78 is 32.4. The molecule has 240 valence electrons. The molecule has 0 aromatic heterocycles. The van der Waals surface area contributed by atoms with Crippen molar-refractivity contribution in [3.05, 3.63) is 0 Å². The van der Waals surface area contributed by atoms with Gasteiger partial charge in [-0.25, -0.2) is 4.57 Å². The summed E-state index contributed by atoms with van der Waals surface area (Å²) in [6.07, 6.45) is 22.3. The molecule has 10 heteroatoms. The van der Waals surface area contributed by atoms with E-state index in [1.807, 2.05) is 6.92 Å². The zero-order valence-corrected chi connectivity index (χ0v) is 26.5. The van der Waals surface area contributed by atoms with Gasteiger partial charge in [-0.1, -0.05) is 123 Å². The highest BCUT2D eigenvalue weighted by molar-refractivity contribution is 7.47. The maximum Gasteiger partial charge on any atom is 0.472 e. The third kappa shape index (κ3) is 27.6. The van der Waals surface area contributed by atoms with Crippen molar-refractivity contribution in [3.63, 3.8) is 0 Å². The Bertz CT molecular complexity index is 606. The van der Waals surface area contributed by atoms with Crippen LogP contribution < -0.4 is 0 Å². The van der Waals surface area contributed by atoms with Gasteiger partial charge in [-0.3, -0.25) is 13.8 Å². The Morgan fingerprint density at radius 1 is 0.675 bits per heavy atom. The minimum absolute atomic E-state index is 0.0493. The molecule has 0 aromatic carbocycles. The number of phosphoric ester groups is 1. The summed E-state index contributed by atoms with van der Waals surface area (Å²) in [6.45, 7) is 3.14. The largest absolute Gasteiger partial charge is 0.472 e. The third-order valence-electron chi connectivity index (χ3n) is 6.76. The molecule has 0 rings (SSSR count). The van der Waals surface area contributed by atoms with Crippen LogP contribution >= 0.6 is 7.82 Å². The van der Waals surface area contributed by atoms with Gasteiger partial charge in [0.1, 0.15) is 12.2 Å². The number of rotatable bonds is 31. The quantitative estimate of drug-likeness (QED) is 0.0430. The molecule has 3 atom stereocenters. The first-order valence-electron chi connectivity index (χ1n) is 16.0. The standard InChI is InChI=1S/C30H61O9P/c1-3-5-6-7-8-9-10-11-12-13-14-15-16-17-18-19-20-21-23-36-26-29(39-30(33)22-4-2)27-38-40(34,35)37-25-28(32)24-31/h28-29,31-32H,3-27H2,1-2H3,(H,34,35)/t28-,29+/m0/s1. The summed E-state index contributed by atoms with van der Waals surface area (Å²) in [5.41, 5.74) is 0. The molecule has 9 nitrogen and oxygen atoms in total. The van der Waals surface area contributed by atoms with E-state index in [-0.39, 0.29) is 19.6 Å². The Morgan fingerprint density at radius 3 is 1.57 bits per heavy atom. The number of carbonyl (C=O) groups excluding carboxylic acids is 1. The van der Waals surface area contributed by atoms with E-state index in [9.17, 15) is 19.4 Å². The molecule has 0 heterocycles. The second-order valence-corrected chi connectivity index (χ2v) is 12.3. The van der Waals surface area contributed by atoms with Crippen molar-refractivity contribution in [2.75, 3.05) is 33.0 Å². The van der Waals surface area contributed by atoms with Crippen LogP contribution in [0.5, 0.6) is 0 Å². The van der Waals surface area contributed by atoms with Gasteiger partial charge < -0.3 is 24.6 Å². The van der Waals surface area contributed by atoms with Crippen LogP contribution in [0.1, 0.15) is 142 Å². The highest BCUT2D eigenvalue weighted by Crippen LogP contribution is 2.43. The van der Waals surface area contributed by atoms with E-state index in [4.69, 9.17) is 19.1 Å². The lowest BCUT2D eigenvalue weighted by molar-refractivity contribution is -0.154. The fraction of sp³-hybridized carbons (Fsp3) is 0.967. The van der Waals surface area contributed by atoms with Crippen molar-refractivity contribution in [3.8, 4) is 0 Å². The van der Waals surface area contributed by atoms with Crippen molar-refractivity contribution in [2.45, 2.75) is 154 Å². The SMILES string of the molecule is CCCCCCCCCCCCCCCCCCCCOC[C@H](COP(=O)(O)OC[C@@H](O)CO)OC(=O)CCC. The fourth-order valence-electron chi connectivity index (χ4n) is 4.33. The van der Waals surface area contributed by atoms with E-state index in [0.717, 1.165) is 12.8 Å². The van der Waals surface area contributed by atoms with Crippen molar-refractivity contribution < 1.29 is 43.0 Å². The van der Waals surface area contributed by atoms with Gasteiger partial charge in [0.25, 0.3) is 0 Å². The molecule has 0 aliphatic rings. The Balaban J connectivity index is 3.78. The van der Waals surface area contributed by atoms with E-state index in [1.54, 1.807) is 0 Å². The first-order chi connectivity index (χ1) is 19.3. The van der Waals surface area contributed by atoms with Crippen LogP contribution in [-0.4, -0.2) is 66.3 Å². The summed E-state index contributed by atoms with van der Waals surface area (Å²) in [5, 5.41) is 18.0. The van der Waals surface area contributed by atoms with E-state index in [1.165, 1.54) is 103 Å². The number of hydrogen-bond acceptors (Lipinski definition) is 8. The van der Waals surface area contributed by atoms with Gasteiger partial charge >= 0.3 is 13.8 Å². The zero-order chi connectivity index (χ0) is 29.7. The fourth-order valence-corrected chi connectivity index (χ4v) is 5.12. The lowest BCUT2D eigenvalue weighted by Gasteiger charge is -2.20. The minimum Gasteiger partial charge on any atom is -0.457 e. The van der Waals surface area contributed by atoms with Crippen LogP contribution in [0.15, 0.2) is 0 Å². The summed E-state index contributed by atoms with van der Waals surface area (Å²) >= 11 is 0. The predicted molar refractivity (Wildman–Crippen MR) is 159 cm³/mol. The molecule has 0 fully saturated rings. The highest BCUT2D eigenvalue weighted by Gasteiger charge is 2.26. The van der Waals surface area contributed by atoms with Gasteiger partial charge in [-0.05, 0) is 12.8 Å². The number of phosphoric acid groups is 1. The number of unbranched alkanes of at least 4 members (excludes halogenated alkanes) is 17. The van der Waals surface area contributed by atoms with Gasteiger partial charge in [0.05, 0.1) is 26.4 Å². The van der Waals surface area contributed by atoms with Crippen LogP contribution in [0, 0.1) is 0 Å². The number of esters is 1. The number of hydrogen-bond donors (Lipinski definition) is 3. The molecule has 0 aliphatic heterocycles. The van der Waals surface area contributed by atoms with Crippen molar-refractivity contribution in [1.29, 1.82) is 0 Å². The van der Waals surface area contributed by atoms with Crippen molar-refractivity contribution in [1.82, 2.24) is 0 Å². The van der Waals surface area contributed by atoms with E-state index >= 15 is 0 Å².